The molecule has 0 aliphatic heterocycles. The minimum Gasteiger partial charge on any atom is -0.464 e. The van der Waals surface area contributed by atoms with Crippen LogP contribution >= 0.6 is 0 Å². The first kappa shape index (κ1) is 103. The van der Waals surface area contributed by atoms with Crippen LogP contribution in [0.1, 0.15) is 51.4 Å². The van der Waals surface area contributed by atoms with E-state index in [0.717, 1.165) is 0 Å². The number of rotatable bonds is 48. The fraction of sp³-hybridized carbons (Fsp3) is 0.516. The largest absolute Gasteiger partial charge is 0.464 e. The van der Waals surface area contributed by atoms with Gasteiger partial charge in [0.25, 0.3) is 6.47 Å². The molecule has 26 nitrogen and oxygen atoms in total. The van der Waals surface area contributed by atoms with Crippen molar-refractivity contribution in [3.63, 3.8) is 0 Å². The lowest BCUT2D eigenvalue weighted by atomic mass is 9.99. The van der Waals surface area contributed by atoms with E-state index >= 15 is 0 Å². The van der Waals surface area contributed by atoms with Crippen LogP contribution in [-0.2, 0) is 95.3 Å². The van der Waals surface area contributed by atoms with Crippen molar-refractivity contribution in [2.24, 2.45) is 0 Å². The summed E-state index contributed by atoms with van der Waals surface area (Å²) in [5.41, 5.74) is 0. The molecule has 0 saturated heterocycles. The second-order valence-electron chi connectivity index (χ2n) is 19.9. The van der Waals surface area contributed by atoms with Crippen molar-refractivity contribution in [2.75, 3.05) is 52.9 Å². The summed E-state index contributed by atoms with van der Waals surface area (Å²) in [6.45, 7) is 25.1. The number of alkyl halides is 16. The number of esters is 9. The molecule has 0 aromatic rings. The second kappa shape index (κ2) is 51.0. The van der Waals surface area contributed by atoms with E-state index in [1.165, 1.54) is 0 Å². The molecule has 0 fully saturated rings. The average molecular weight is 1540 g/mol. The van der Waals surface area contributed by atoms with Crippen molar-refractivity contribution < 1.29 is 196 Å². The lowest BCUT2D eigenvalue weighted by molar-refractivity contribution is -0.239. The lowest BCUT2D eigenvalue weighted by Gasteiger charge is -2.31. The summed E-state index contributed by atoms with van der Waals surface area (Å²) in [5.74, 6) is -47.9. The molecular formula is C62H78F16O26. The summed E-state index contributed by atoms with van der Waals surface area (Å²) in [7, 11) is 0. The number of carbonyl (C=O) groups is 10. The van der Waals surface area contributed by atoms with E-state index in [1.807, 2.05) is 0 Å². The first-order valence-electron chi connectivity index (χ1n) is 28.6. The molecule has 0 aliphatic rings. The van der Waals surface area contributed by atoms with E-state index in [4.69, 9.17) is 15.3 Å². The van der Waals surface area contributed by atoms with Gasteiger partial charge >= 0.3 is 101 Å². The van der Waals surface area contributed by atoms with E-state index in [2.05, 4.69) is 120 Å². The van der Waals surface area contributed by atoms with Gasteiger partial charge in [0.05, 0.1) is 70.2 Å². The molecule has 0 aromatic carbocycles. The van der Waals surface area contributed by atoms with Crippen molar-refractivity contribution in [1.82, 2.24) is 0 Å². The molecule has 0 aliphatic carbocycles. The van der Waals surface area contributed by atoms with Crippen molar-refractivity contribution in [3.8, 4) is 0 Å². The summed E-state index contributed by atoms with van der Waals surface area (Å²) < 4.78 is 265. The van der Waals surface area contributed by atoms with Crippen molar-refractivity contribution in [2.45, 2.75) is 148 Å². The molecule has 0 spiro atoms. The highest BCUT2D eigenvalue weighted by molar-refractivity contribution is 5.84. The van der Waals surface area contributed by atoms with Gasteiger partial charge in [0.2, 0.25) is 0 Å². The molecular weight excluding hydrogens is 1460 g/mol. The van der Waals surface area contributed by atoms with Crippen LogP contribution in [0.2, 0.25) is 0 Å². The van der Waals surface area contributed by atoms with E-state index in [9.17, 15) is 134 Å². The Balaban J connectivity index is -0.000000417. The number of hydrogen-bond donors (Lipinski definition) is 6. The standard InChI is InChI=1S/C18H20F4O8.3C14H18F4O6.C2H4/c1-4-14(24)28-10-13(30-16(26)6-3)8-18(21,22)17(19,20)7-12(9-27-11-23)29-15(25)5-2;1-3-11(21)23-8-9(20)5-13(15,16)14(17,18)6-10(7-19)24-12(22)4-2;1-3-11(21)23-7-9(19)5-13(15,16)14(17,18)6-10(20)8-24-12(22)4-2;1-3-11(21)23-9(7-19)5-13(15,16)14(17,18)6-10(8-20)24-12(22)4-2;1-2/h4-6,11-13H,1-3,7-10H2;3*3-4,9-10,19-20H,1-2,5-8H2;1-2H2. The number of hydrogen-bond acceptors (Lipinski definition) is 26. The number of halogens is 16. The maximum absolute atomic E-state index is 14.3. The molecule has 0 heterocycles. The SMILES string of the molecule is C=C.C=CC(=O)OC(CO)CC(F)(F)C(F)(F)CC(CO)OC(=O)C=C.C=CC(=O)OCC(CC(F)(F)C(F)(F)CC(COC=O)OC(=O)C=C)OC(=O)C=C.C=CC(=O)OCC(O)CC(F)(F)C(F)(F)CC(CO)OC(=O)C=C.C=CC(=O)OCC(O)CC(F)(F)C(F)(F)CC(O)COC(=O)C=C. The third kappa shape index (κ3) is 43.0. The molecule has 104 heavy (non-hydrogen) atoms. The molecule has 0 bridgehead atoms. The molecule has 0 saturated carbocycles. The second-order valence-corrected chi connectivity index (χ2v) is 19.9. The van der Waals surface area contributed by atoms with Gasteiger partial charge in [-0.25, -0.2) is 43.2 Å². The van der Waals surface area contributed by atoms with E-state index in [-0.39, 0.29) is 6.47 Å². The van der Waals surface area contributed by atoms with Gasteiger partial charge in [-0.1, -0.05) is 59.2 Å². The van der Waals surface area contributed by atoms with Crippen molar-refractivity contribution in [1.29, 1.82) is 0 Å². The van der Waals surface area contributed by atoms with Crippen LogP contribution in [0.4, 0.5) is 70.2 Å². The van der Waals surface area contributed by atoms with Crippen LogP contribution in [-0.4, -0.2) is 240 Å². The molecule has 8 atom stereocenters. The Morgan fingerprint density at radius 1 is 0.279 bits per heavy atom. The lowest BCUT2D eigenvalue weighted by Crippen LogP contribution is -2.47. The summed E-state index contributed by atoms with van der Waals surface area (Å²) in [5, 5.41) is 54.4. The van der Waals surface area contributed by atoms with E-state index in [1.54, 1.807) is 0 Å². The average Bonchev–Trinajstić information content (AvgIpc) is 0.817. The minimum absolute atomic E-state index is 0.149. The molecule has 0 rings (SSSR count). The Morgan fingerprint density at radius 3 is 0.625 bits per heavy atom. The molecule has 6 N–H and O–H groups in total. The molecule has 594 valence electrons. The van der Waals surface area contributed by atoms with Crippen LogP contribution in [0.5, 0.6) is 0 Å². The fourth-order valence-corrected chi connectivity index (χ4v) is 6.54. The number of ether oxygens (including phenoxy) is 10. The molecule has 8 unspecified atom stereocenters. The van der Waals surface area contributed by atoms with Gasteiger partial charge < -0.3 is 78.0 Å². The van der Waals surface area contributed by atoms with Crippen LogP contribution in [0.3, 0.4) is 0 Å². The fourth-order valence-electron chi connectivity index (χ4n) is 6.54. The van der Waals surface area contributed by atoms with Crippen LogP contribution in [0.15, 0.2) is 127 Å². The zero-order valence-electron chi connectivity index (χ0n) is 54.9. The van der Waals surface area contributed by atoms with Gasteiger partial charge in [-0.15, -0.1) is 13.2 Å². The summed E-state index contributed by atoms with van der Waals surface area (Å²) in [6, 6.07) is 0. The number of carbonyl (C=O) groups excluding carboxylic acids is 10. The zero-order chi connectivity index (χ0) is 82.3. The normalized spacial score (nSPS) is 13.8. The number of aliphatic hydroxyl groups is 6. The quantitative estimate of drug-likeness (QED) is 0.00934. The van der Waals surface area contributed by atoms with Crippen molar-refractivity contribution in [3.05, 3.63) is 127 Å². The monoisotopic (exact) mass is 1540 g/mol. The summed E-state index contributed by atoms with van der Waals surface area (Å²) >= 11 is 0. The zero-order valence-corrected chi connectivity index (χ0v) is 54.9. The summed E-state index contributed by atoms with van der Waals surface area (Å²) in [4.78, 5) is 109. The maximum Gasteiger partial charge on any atom is 0.330 e. The molecule has 42 heteroatoms. The van der Waals surface area contributed by atoms with Gasteiger partial charge in [-0.05, 0) is 0 Å². The van der Waals surface area contributed by atoms with Gasteiger partial charge in [-0.2, -0.15) is 70.2 Å². The minimum atomic E-state index is -4.82. The Hall–Kier alpha value is -9.26. The summed E-state index contributed by atoms with van der Waals surface area (Å²) in [6.07, 6.45) is -23.5. The topological polar surface area (TPSA) is 384 Å². The van der Waals surface area contributed by atoms with Crippen molar-refractivity contribution >= 4 is 60.2 Å². The molecule has 0 radical (unpaired) electrons. The number of aliphatic hydroxyl groups excluding tert-OH is 6. The Kier molecular flexibility index (Phi) is 50.7. The third-order valence-corrected chi connectivity index (χ3v) is 11.6. The highest BCUT2D eigenvalue weighted by atomic mass is 19.3. The predicted octanol–water partition coefficient (Wildman–Crippen LogP) is 6.59. The highest BCUT2D eigenvalue weighted by Crippen LogP contribution is 2.45. The molecule has 0 amide bonds. The van der Waals surface area contributed by atoms with Gasteiger partial charge in [0.15, 0.2) is 0 Å². The van der Waals surface area contributed by atoms with Gasteiger partial charge in [-0.3, -0.25) is 4.79 Å². The van der Waals surface area contributed by atoms with E-state index in [0.29, 0.717) is 54.7 Å². The Morgan fingerprint density at radius 2 is 0.442 bits per heavy atom. The maximum atomic E-state index is 14.3. The van der Waals surface area contributed by atoms with Crippen LogP contribution in [0.25, 0.3) is 0 Å². The van der Waals surface area contributed by atoms with Crippen LogP contribution in [0, 0.1) is 0 Å². The van der Waals surface area contributed by atoms with E-state index < -0.39 is 254 Å². The predicted molar refractivity (Wildman–Crippen MR) is 324 cm³/mol. The molecule has 0 aromatic heterocycles. The third-order valence-electron chi connectivity index (χ3n) is 11.6. The Labute approximate surface area is 582 Å². The highest BCUT2D eigenvalue weighted by Gasteiger charge is 2.61. The first-order chi connectivity index (χ1) is 47.9. The van der Waals surface area contributed by atoms with Gasteiger partial charge in [0, 0.05) is 73.9 Å². The van der Waals surface area contributed by atoms with Crippen LogP contribution < -0.4 is 0 Å². The smallest absolute Gasteiger partial charge is 0.330 e. The first-order valence-corrected chi connectivity index (χ1v) is 28.6. The Bertz CT molecular complexity index is 2720. The van der Waals surface area contributed by atoms with Gasteiger partial charge in [0.1, 0.15) is 63.6 Å².